The first-order valence-electron chi connectivity index (χ1n) is 8.67. The zero-order valence-electron chi connectivity index (χ0n) is 14.7. The molecule has 4 heteroatoms. The van der Waals surface area contributed by atoms with E-state index in [-0.39, 0.29) is 17.0 Å². The Labute approximate surface area is 174 Å². The summed E-state index contributed by atoms with van der Waals surface area (Å²) in [5, 5.41) is 0. The van der Waals surface area contributed by atoms with Gasteiger partial charge in [-0.2, -0.15) is 0 Å². The summed E-state index contributed by atoms with van der Waals surface area (Å²) >= 11 is 7.07. The Morgan fingerprint density at radius 3 is 2.44 bits per heavy atom. The fourth-order valence-electron chi connectivity index (χ4n) is 4.33. The zero-order valence-corrected chi connectivity index (χ0v) is 17.9. The van der Waals surface area contributed by atoms with E-state index < -0.39 is 0 Å². The number of carbonyl (C=O) groups is 2. The molecule has 0 spiro atoms. The maximum Gasteiger partial charge on any atom is 0.194 e. The number of rotatable bonds is 0. The van der Waals surface area contributed by atoms with Crippen LogP contribution in [-0.4, -0.2) is 11.6 Å². The highest BCUT2D eigenvalue weighted by Crippen LogP contribution is 2.50. The van der Waals surface area contributed by atoms with Gasteiger partial charge in [-0.3, -0.25) is 9.59 Å². The number of allylic oxidation sites excluding steroid dienone is 11. The SMILES string of the molecule is CC1(C)C2=CC3=C4C(=O)C=CC(Br)=C4C=C3C(=O)C2=Cc2ccc(Br)cc21. The molecule has 0 saturated carbocycles. The zero-order chi connectivity index (χ0) is 19.1. The molecule has 0 aliphatic heterocycles. The van der Waals surface area contributed by atoms with Crippen molar-refractivity contribution in [3.63, 3.8) is 0 Å². The average Bonchev–Trinajstić information content (AvgIpc) is 3.02. The number of fused-ring (bicyclic) bond motifs is 4. The van der Waals surface area contributed by atoms with Crippen LogP contribution in [0.15, 0.2) is 84.9 Å². The number of benzene rings is 1. The quantitative estimate of drug-likeness (QED) is 0.479. The van der Waals surface area contributed by atoms with E-state index in [0.29, 0.717) is 11.1 Å². The lowest BCUT2D eigenvalue weighted by atomic mass is 9.65. The Hall–Kier alpha value is -2.04. The van der Waals surface area contributed by atoms with Crippen molar-refractivity contribution in [3.05, 3.63) is 96.0 Å². The molecule has 0 heterocycles. The molecule has 0 radical (unpaired) electrons. The van der Waals surface area contributed by atoms with Crippen LogP contribution in [0, 0.1) is 0 Å². The van der Waals surface area contributed by atoms with Crippen LogP contribution in [0.1, 0.15) is 25.0 Å². The van der Waals surface area contributed by atoms with Crippen LogP contribution in [-0.2, 0) is 15.0 Å². The molecule has 0 N–H and O–H groups in total. The van der Waals surface area contributed by atoms with Gasteiger partial charge in [0, 0.05) is 36.7 Å². The summed E-state index contributed by atoms with van der Waals surface area (Å²) in [6.07, 6.45) is 9.17. The standard InChI is InChI=1S/C23H14Br2O2/c1-23(2)17-8-12(24)4-3-11(17)7-15-18(23)10-13-14(22(15)27)9-16-19(25)5-6-20(26)21(13)16/h3-10H,1-2H3. The smallest absolute Gasteiger partial charge is 0.194 e. The molecule has 27 heavy (non-hydrogen) atoms. The molecule has 5 rings (SSSR count). The van der Waals surface area contributed by atoms with Gasteiger partial charge in [0.1, 0.15) is 0 Å². The fourth-order valence-corrected chi connectivity index (χ4v) is 5.14. The van der Waals surface area contributed by atoms with E-state index in [1.54, 1.807) is 12.2 Å². The topological polar surface area (TPSA) is 34.1 Å². The normalized spacial score (nSPS) is 22.0. The van der Waals surface area contributed by atoms with Gasteiger partial charge >= 0.3 is 0 Å². The number of halogens is 2. The van der Waals surface area contributed by atoms with Crippen molar-refractivity contribution in [1.29, 1.82) is 0 Å². The summed E-state index contributed by atoms with van der Waals surface area (Å²) in [4.78, 5) is 25.9. The Kier molecular flexibility index (Phi) is 3.47. The van der Waals surface area contributed by atoms with E-state index in [9.17, 15) is 9.59 Å². The van der Waals surface area contributed by atoms with Gasteiger partial charge in [-0.05, 0) is 64.8 Å². The Morgan fingerprint density at radius 2 is 1.67 bits per heavy atom. The highest BCUT2D eigenvalue weighted by atomic mass is 79.9. The summed E-state index contributed by atoms with van der Waals surface area (Å²) in [5.74, 6) is -0.0602. The third-order valence-corrected chi connectivity index (χ3v) is 6.92. The predicted molar refractivity (Wildman–Crippen MR) is 113 cm³/mol. The molecule has 132 valence electrons. The van der Waals surface area contributed by atoms with Gasteiger partial charge in [0.25, 0.3) is 0 Å². The molecule has 1 aromatic rings. The molecule has 1 aromatic carbocycles. The molecule has 0 saturated heterocycles. The second-order valence-electron chi connectivity index (χ2n) is 7.61. The van der Waals surface area contributed by atoms with E-state index >= 15 is 0 Å². The van der Waals surface area contributed by atoms with Gasteiger partial charge in [0.2, 0.25) is 0 Å². The van der Waals surface area contributed by atoms with E-state index in [1.807, 2.05) is 30.4 Å². The van der Waals surface area contributed by atoms with Crippen molar-refractivity contribution in [2.75, 3.05) is 0 Å². The van der Waals surface area contributed by atoms with Crippen molar-refractivity contribution < 1.29 is 9.59 Å². The first-order valence-corrected chi connectivity index (χ1v) is 10.3. The maximum absolute atomic E-state index is 13.4. The molecule has 0 aromatic heterocycles. The lowest BCUT2D eigenvalue weighted by Crippen LogP contribution is -2.31. The minimum atomic E-state index is -0.338. The molecule has 0 atom stereocenters. The minimum absolute atomic E-state index is 0.00774. The molecular formula is C23H14Br2O2. The van der Waals surface area contributed by atoms with Crippen LogP contribution in [0.5, 0.6) is 0 Å². The number of carbonyl (C=O) groups excluding carboxylic acids is 2. The molecule has 0 fully saturated rings. The summed E-state index contributed by atoms with van der Waals surface area (Å²) in [7, 11) is 0. The van der Waals surface area contributed by atoms with Crippen LogP contribution < -0.4 is 0 Å². The third kappa shape index (κ3) is 2.23. The Balaban J connectivity index is 1.83. The summed E-state index contributed by atoms with van der Waals surface area (Å²) < 4.78 is 1.85. The van der Waals surface area contributed by atoms with Crippen LogP contribution in [0.25, 0.3) is 6.08 Å². The number of hydrogen-bond donors (Lipinski definition) is 0. The second kappa shape index (κ2) is 5.49. The number of hydrogen-bond acceptors (Lipinski definition) is 2. The average molecular weight is 482 g/mol. The second-order valence-corrected chi connectivity index (χ2v) is 9.38. The maximum atomic E-state index is 13.4. The minimum Gasteiger partial charge on any atom is -0.289 e. The van der Waals surface area contributed by atoms with Gasteiger partial charge < -0.3 is 0 Å². The third-order valence-electron chi connectivity index (χ3n) is 5.73. The van der Waals surface area contributed by atoms with E-state index in [4.69, 9.17) is 0 Å². The summed E-state index contributed by atoms with van der Waals surface area (Å²) in [5.41, 5.74) is 6.37. The lowest BCUT2D eigenvalue weighted by molar-refractivity contribution is -0.112. The largest absolute Gasteiger partial charge is 0.289 e. The molecular weight excluding hydrogens is 468 g/mol. The van der Waals surface area contributed by atoms with E-state index in [0.717, 1.165) is 36.8 Å². The molecule has 0 bridgehead atoms. The van der Waals surface area contributed by atoms with Gasteiger partial charge in [-0.15, -0.1) is 0 Å². The first-order chi connectivity index (χ1) is 12.8. The summed E-state index contributed by atoms with van der Waals surface area (Å²) in [6.45, 7) is 4.27. The molecule has 0 unspecified atom stereocenters. The Morgan fingerprint density at radius 1 is 0.889 bits per heavy atom. The number of ketones is 2. The lowest BCUT2D eigenvalue weighted by Gasteiger charge is -2.37. The molecule has 2 nitrogen and oxygen atoms in total. The van der Waals surface area contributed by atoms with Crippen LogP contribution >= 0.6 is 31.9 Å². The van der Waals surface area contributed by atoms with Crippen molar-refractivity contribution in [3.8, 4) is 0 Å². The van der Waals surface area contributed by atoms with Gasteiger partial charge in [-0.1, -0.05) is 51.8 Å². The van der Waals surface area contributed by atoms with Crippen LogP contribution in [0.4, 0.5) is 0 Å². The van der Waals surface area contributed by atoms with Gasteiger partial charge in [0.05, 0.1) is 0 Å². The monoisotopic (exact) mass is 480 g/mol. The van der Waals surface area contributed by atoms with Crippen LogP contribution in [0.3, 0.4) is 0 Å². The predicted octanol–water partition coefficient (Wildman–Crippen LogP) is 5.66. The highest BCUT2D eigenvalue weighted by Gasteiger charge is 2.43. The van der Waals surface area contributed by atoms with E-state index in [2.05, 4.69) is 51.8 Å². The fraction of sp³-hybridized carbons (Fsp3) is 0.130. The van der Waals surface area contributed by atoms with Crippen molar-refractivity contribution >= 4 is 49.5 Å². The first kappa shape index (κ1) is 17.1. The van der Waals surface area contributed by atoms with Crippen molar-refractivity contribution in [1.82, 2.24) is 0 Å². The van der Waals surface area contributed by atoms with Crippen LogP contribution in [0.2, 0.25) is 0 Å². The van der Waals surface area contributed by atoms with Crippen molar-refractivity contribution in [2.45, 2.75) is 19.3 Å². The van der Waals surface area contributed by atoms with Gasteiger partial charge in [0.15, 0.2) is 11.6 Å². The highest BCUT2D eigenvalue weighted by molar-refractivity contribution is 9.12. The molecule has 4 aliphatic rings. The number of Topliss-reactive ketones (excluding diaryl/α,β-unsaturated/α-hetero) is 1. The molecule has 4 aliphatic carbocycles. The van der Waals surface area contributed by atoms with Crippen molar-refractivity contribution in [2.24, 2.45) is 0 Å². The molecule has 0 amide bonds. The van der Waals surface area contributed by atoms with E-state index in [1.165, 1.54) is 5.56 Å². The summed E-state index contributed by atoms with van der Waals surface area (Å²) in [6, 6.07) is 6.15. The van der Waals surface area contributed by atoms with Gasteiger partial charge in [-0.25, -0.2) is 0 Å². The Bertz CT molecular complexity index is 1180.